The quantitative estimate of drug-likeness (QED) is 0.415. The van der Waals surface area contributed by atoms with Crippen LogP contribution in [0.5, 0.6) is 11.5 Å². The highest BCUT2D eigenvalue weighted by Crippen LogP contribution is 2.34. The number of methoxy groups -OCH3 is 1. The van der Waals surface area contributed by atoms with Crippen LogP contribution >= 0.6 is 11.6 Å². The molecule has 140 valence electrons. The summed E-state index contributed by atoms with van der Waals surface area (Å²) in [5.41, 5.74) is 2.87. The second-order valence-electron chi connectivity index (χ2n) is 5.88. The van der Waals surface area contributed by atoms with Crippen molar-refractivity contribution in [3.63, 3.8) is 0 Å². The molecular formula is C21H22ClN3O2. The molecule has 3 rings (SSSR count). The van der Waals surface area contributed by atoms with E-state index in [0.29, 0.717) is 29.8 Å². The Labute approximate surface area is 164 Å². The Morgan fingerprint density at radius 2 is 1.93 bits per heavy atom. The second kappa shape index (κ2) is 9.24. The molecule has 0 atom stereocenters. The lowest BCUT2D eigenvalue weighted by Gasteiger charge is -2.13. The first-order valence-corrected chi connectivity index (χ1v) is 9.30. The minimum Gasteiger partial charge on any atom is -0.493 e. The van der Waals surface area contributed by atoms with Gasteiger partial charge in [0.1, 0.15) is 12.1 Å². The van der Waals surface area contributed by atoms with Gasteiger partial charge in [-0.1, -0.05) is 24.3 Å². The Morgan fingerprint density at radius 3 is 2.63 bits per heavy atom. The highest BCUT2D eigenvalue weighted by atomic mass is 35.5. The summed E-state index contributed by atoms with van der Waals surface area (Å²) in [5, 5.41) is 4.21. The number of benzene rings is 2. The molecule has 0 amide bonds. The zero-order valence-electron chi connectivity index (χ0n) is 15.4. The molecule has 0 saturated heterocycles. The second-order valence-corrected chi connectivity index (χ2v) is 6.26. The average Bonchev–Trinajstić information content (AvgIpc) is 2.70. The minimum absolute atomic E-state index is 0.522. The topological polar surface area (TPSA) is 56.3 Å². The number of nitrogens with zero attached hydrogens (tertiary/aromatic N) is 2. The SMILES string of the molecule is C/C=C/c1ccc(Nc2ncnc3cc(OC)c(OCCCCl)cc23)cc1. The van der Waals surface area contributed by atoms with Crippen LogP contribution in [-0.4, -0.2) is 29.6 Å². The molecule has 0 aliphatic rings. The van der Waals surface area contributed by atoms with Gasteiger partial charge in [-0.3, -0.25) is 0 Å². The van der Waals surface area contributed by atoms with Crippen molar-refractivity contribution in [3.05, 3.63) is 54.4 Å². The molecule has 0 bridgehead atoms. The van der Waals surface area contributed by atoms with E-state index < -0.39 is 0 Å². The lowest BCUT2D eigenvalue weighted by Crippen LogP contribution is -2.01. The summed E-state index contributed by atoms with van der Waals surface area (Å²) in [4.78, 5) is 8.75. The Bertz CT molecular complexity index is 927. The van der Waals surface area contributed by atoms with Crippen LogP contribution < -0.4 is 14.8 Å². The van der Waals surface area contributed by atoms with Crippen molar-refractivity contribution in [2.75, 3.05) is 24.9 Å². The molecule has 2 aromatic carbocycles. The maximum Gasteiger partial charge on any atom is 0.162 e. The minimum atomic E-state index is 0.522. The number of fused-ring (bicyclic) bond motifs is 1. The van der Waals surface area contributed by atoms with Crippen molar-refractivity contribution in [3.8, 4) is 11.5 Å². The molecule has 1 aromatic heterocycles. The Hall–Kier alpha value is -2.79. The van der Waals surface area contributed by atoms with E-state index in [0.717, 1.165) is 28.6 Å². The molecule has 0 spiro atoms. The van der Waals surface area contributed by atoms with Crippen LogP contribution in [-0.2, 0) is 0 Å². The fourth-order valence-electron chi connectivity index (χ4n) is 2.68. The summed E-state index contributed by atoms with van der Waals surface area (Å²) in [6, 6.07) is 11.9. The molecule has 0 saturated carbocycles. The van der Waals surface area contributed by atoms with Gasteiger partial charge in [0.05, 0.1) is 19.2 Å². The van der Waals surface area contributed by atoms with Gasteiger partial charge < -0.3 is 14.8 Å². The summed E-state index contributed by atoms with van der Waals surface area (Å²) in [6.45, 7) is 2.52. The monoisotopic (exact) mass is 383 g/mol. The smallest absolute Gasteiger partial charge is 0.162 e. The molecular weight excluding hydrogens is 362 g/mol. The largest absolute Gasteiger partial charge is 0.493 e. The Kier molecular flexibility index (Phi) is 6.49. The number of hydrogen-bond acceptors (Lipinski definition) is 5. The van der Waals surface area contributed by atoms with Crippen LogP contribution in [0.2, 0.25) is 0 Å². The van der Waals surface area contributed by atoms with E-state index in [1.807, 2.05) is 37.3 Å². The molecule has 6 heteroatoms. The number of allylic oxidation sites excluding steroid dienone is 1. The van der Waals surface area contributed by atoms with Gasteiger partial charge in [0.15, 0.2) is 11.5 Å². The van der Waals surface area contributed by atoms with Gasteiger partial charge in [0.25, 0.3) is 0 Å². The summed E-state index contributed by atoms with van der Waals surface area (Å²) >= 11 is 5.74. The van der Waals surface area contributed by atoms with Crippen LogP contribution in [0.4, 0.5) is 11.5 Å². The van der Waals surface area contributed by atoms with Gasteiger partial charge in [-0.2, -0.15) is 0 Å². The van der Waals surface area contributed by atoms with Gasteiger partial charge in [-0.05, 0) is 37.1 Å². The van der Waals surface area contributed by atoms with E-state index >= 15 is 0 Å². The van der Waals surface area contributed by atoms with Crippen molar-refractivity contribution < 1.29 is 9.47 Å². The van der Waals surface area contributed by atoms with Crippen molar-refractivity contribution in [1.29, 1.82) is 0 Å². The van der Waals surface area contributed by atoms with Gasteiger partial charge in [0, 0.05) is 23.0 Å². The standard InChI is InChI=1S/C21H22ClN3O2/c1-3-5-15-6-8-16(9-7-15)25-21-17-12-20(27-11-4-10-22)19(26-2)13-18(17)23-14-24-21/h3,5-9,12-14H,4,10-11H2,1-2H3,(H,23,24,25)/b5-3+. The van der Waals surface area contributed by atoms with Gasteiger partial charge >= 0.3 is 0 Å². The molecule has 5 nitrogen and oxygen atoms in total. The number of anilines is 2. The van der Waals surface area contributed by atoms with Crippen molar-refractivity contribution in [1.82, 2.24) is 9.97 Å². The summed E-state index contributed by atoms with van der Waals surface area (Å²) in [7, 11) is 1.61. The maximum atomic E-state index is 5.82. The molecule has 0 aliphatic carbocycles. The number of hydrogen-bond donors (Lipinski definition) is 1. The predicted molar refractivity (Wildman–Crippen MR) is 111 cm³/mol. The van der Waals surface area contributed by atoms with Gasteiger partial charge in [-0.25, -0.2) is 9.97 Å². The van der Waals surface area contributed by atoms with Gasteiger partial charge in [0.2, 0.25) is 0 Å². The molecule has 0 radical (unpaired) electrons. The van der Waals surface area contributed by atoms with E-state index in [1.54, 1.807) is 7.11 Å². The summed E-state index contributed by atoms with van der Waals surface area (Å²) in [6.07, 6.45) is 6.37. The van der Waals surface area contributed by atoms with E-state index in [9.17, 15) is 0 Å². The molecule has 0 fully saturated rings. The zero-order chi connectivity index (χ0) is 19.1. The first-order valence-electron chi connectivity index (χ1n) is 8.76. The molecule has 0 unspecified atom stereocenters. The molecule has 3 aromatic rings. The highest BCUT2D eigenvalue weighted by molar-refractivity contribution is 6.17. The van der Waals surface area contributed by atoms with Crippen LogP contribution in [0.3, 0.4) is 0 Å². The van der Waals surface area contributed by atoms with Crippen molar-refractivity contribution >= 4 is 40.1 Å². The molecule has 27 heavy (non-hydrogen) atoms. The maximum absolute atomic E-state index is 5.82. The third-order valence-electron chi connectivity index (χ3n) is 3.99. The normalized spacial score (nSPS) is 11.1. The first-order chi connectivity index (χ1) is 13.2. The zero-order valence-corrected chi connectivity index (χ0v) is 16.2. The van der Waals surface area contributed by atoms with Crippen LogP contribution in [0.25, 0.3) is 17.0 Å². The van der Waals surface area contributed by atoms with Crippen LogP contribution in [0.15, 0.2) is 48.8 Å². The first kappa shape index (κ1) is 19.0. The van der Waals surface area contributed by atoms with Crippen LogP contribution in [0.1, 0.15) is 18.9 Å². The predicted octanol–water partition coefficient (Wildman–Crippen LogP) is 5.42. The number of nitrogens with one attached hydrogen (secondary N) is 1. The van der Waals surface area contributed by atoms with Gasteiger partial charge in [-0.15, -0.1) is 11.6 Å². The average molecular weight is 384 g/mol. The number of aromatic nitrogens is 2. The lowest BCUT2D eigenvalue weighted by atomic mass is 10.1. The number of halogens is 1. The molecule has 1 N–H and O–H groups in total. The number of ether oxygens (including phenoxy) is 2. The Balaban J connectivity index is 1.93. The Morgan fingerprint density at radius 1 is 1.11 bits per heavy atom. The van der Waals surface area contributed by atoms with Crippen molar-refractivity contribution in [2.45, 2.75) is 13.3 Å². The molecule has 0 aliphatic heterocycles. The summed E-state index contributed by atoms with van der Waals surface area (Å²) < 4.78 is 11.3. The fourth-order valence-corrected chi connectivity index (χ4v) is 2.79. The van der Waals surface area contributed by atoms with E-state index in [4.69, 9.17) is 21.1 Å². The summed E-state index contributed by atoms with van der Waals surface area (Å²) in [5.74, 6) is 2.55. The fraction of sp³-hybridized carbons (Fsp3) is 0.238. The van der Waals surface area contributed by atoms with E-state index in [2.05, 4.69) is 33.5 Å². The number of alkyl halides is 1. The number of rotatable bonds is 8. The van der Waals surface area contributed by atoms with E-state index in [-0.39, 0.29) is 0 Å². The third-order valence-corrected chi connectivity index (χ3v) is 4.26. The molecule has 1 heterocycles. The van der Waals surface area contributed by atoms with Crippen molar-refractivity contribution in [2.24, 2.45) is 0 Å². The third kappa shape index (κ3) is 4.68. The lowest BCUT2D eigenvalue weighted by molar-refractivity contribution is 0.295. The highest BCUT2D eigenvalue weighted by Gasteiger charge is 2.12. The van der Waals surface area contributed by atoms with Crippen LogP contribution in [0, 0.1) is 0 Å². The van der Waals surface area contributed by atoms with E-state index in [1.165, 1.54) is 6.33 Å².